The van der Waals surface area contributed by atoms with Crippen molar-refractivity contribution in [3.8, 4) is 0 Å². The fourth-order valence-electron chi connectivity index (χ4n) is 1.24. The molecule has 0 saturated heterocycles. The Morgan fingerprint density at radius 3 is 2.38 bits per heavy atom. The Morgan fingerprint density at radius 2 is 2.00 bits per heavy atom. The average molecular weight is 183 g/mol. The number of hydrogen-bond acceptors (Lipinski definition) is 3. The summed E-state index contributed by atoms with van der Waals surface area (Å²) in [5.74, 6) is -0.542. The van der Waals surface area contributed by atoms with Gasteiger partial charge in [0.2, 0.25) is 0 Å². The van der Waals surface area contributed by atoms with Crippen molar-refractivity contribution in [2.45, 2.75) is 26.3 Å². The van der Waals surface area contributed by atoms with Crippen molar-refractivity contribution in [2.24, 2.45) is 5.92 Å². The third-order valence-electron chi connectivity index (χ3n) is 1.97. The monoisotopic (exact) mass is 183 g/mol. The Labute approximate surface area is 76.4 Å². The summed E-state index contributed by atoms with van der Waals surface area (Å²) in [5.41, 5.74) is 0. The Balaban J connectivity index is 2.74. The first-order valence-corrected chi connectivity index (χ1v) is 4.17. The zero-order chi connectivity index (χ0) is 9.84. The van der Waals surface area contributed by atoms with Crippen LogP contribution in [0.2, 0.25) is 0 Å². The van der Waals surface area contributed by atoms with Crippen LogP contribution in [0.5, 0.6) is 0 Å². The molecule has 0 aliphatic heterocycles. The van der Waals surface area contributed by atoms with Crippen LogP contribution in [-0.2, 0) is 4.79 Å². The summed E-state index contributed by atoms with van der Waals surface area (Å²) in [5, 5.41) is 16.0. The molecule has 1 aromatic rings. The molecule has 1 unspecified atom stereocenters. The highest BCUT2D eigenvalue weighted by Gasteiger charge is 2.18. The van der Waals surface area contributed by atoms with Crippen LogP contribution >= 0.6 is 0 Å². The van der Waals surface area contributed by atoms with Crippen molar-refractivity contribution < 1.29 is 9.90 Å². The van der Waals surface area contributed by atoms with Gasteiger partial charge in [-0.05, 0) is 5.92 Å². The number of carbonyl (C=O) groups is 1. The van der Waals surface area contributed by atoms with Crippen LogP contribution in [0.3, 0.4) is 0 Å². The summed E-state index contributed by atoms with van der Waals surface area (Å²) in [4.78, 5) is 10.6. The van der Waals surface area contributed by atoms with E-state index in [9.17, 15) is 4.79 Å². The average Bonchev–Trinajstić information content (AvgIpc) is 2.50. The van der Waals surface area contributed by atoms with Crippen LogP contribution < -0.4 is 0 Å². The van der Waals surface area contributed by atoms with E-state index in [1.807, 2.05) is 13.8 Å². The molecule has 0 radical (unpaired) electrons. The standard InChI is InChI=1S/C8H13N3O2/c1-6(2)7(3-8(12)13)11-4-9-10-5-11/h4-7H,3H2,1-2H3,(H,12,13). The molecule has 0 spiro atoms. The van der Waals surface area contributed by atoms with Gasteiger partial charge in [-0.25, -0.2) is 0 Å². The lowest BCUT2D eigenvalue weighted by molar-refractivity contribution is -0.138. The molecule has 0 aliphatic rings. The fourth-order valence-corrected chi connectivity index (χ4v) is 1.24. The van der Waals surface area contributed by atoms with Crippen molar-refractivity contribution in [1.82, 2.24) is 14.8 Å². The third-order valence-corrected chi connectivity index (χ3v) is 1.97. The van der Waals surface area contributed by atoms with Gasteiger partial charge in [-0.3, -0.25) is 4.79 Å². The van der Waals surface area contributed by atoms with Crippen LogP contribution in [0, 0.1) is 5.92 Å². The molecule has 0 aliphatic carbocycles. The minimum Gasteiger partial charge on any atom is -0.481 e. The number of aliphatic carboxylic acids is 1. The van der Waals surface area contributed by atoms with Gasteiger partial charge in [0, 0.05) is 6.04 Å². The van der Waals surface area contributed by atoms with Crippen LogP contribution in [0.4, 0.5) is 0 Å². The normalized spacial score (nSPS) is 13.2. The maximum absolute atomic E-state index is 10.6. The minimum atomic E-state index is -0.799. The maximum Gasteiger partial charge on any atom is 0.305 e. The number of carboxylic acids is 1. The van der Waals surface area contributed by atoms with E-state index in [1.54, 1.807) is 17.2 Å². The van der Waals surface area contributed by atoms with E-state index in [0.29, 0.717) is 0 Å². The lowest BCUT2D eigenvalue weighted by atomic mass is 10.0. The van der Waals surface area contributed by atoms with E-state index in [0.717, 1.165) is 0 Å². The molecule has 5 heteroatoms. The second kappa shape index (κ2) is 4.02. The number of carboxylic acid groups (broad SMARTS) is 1. The van der Waals surface area contributed by atoms with Gasteiger partial charge in [-0.2, -0.15) is 0 Å². The first-order chi connectivity index (χ1) is 6.11. The van der Waals surface area contributed by atoms with Gasteiger partial charge in [-0.15, -0.1) is 10.2 Å². The van der Waals surface area contributed by atoms with Crippen LogP contribution in [0.15, 0.2) is 12.7 Å². The van der Waals surface area contributed by atoms with Crippen molar-refractivity contribution in [3.05, 3.63) is 12.7 Å². The molecule has 0 aromatic carbocycles. The summed E-state index contributed by atoms with van der Waals surface area (Å²) >= 11 is 0. The molecular formula is C8H13N3O2. The highest BCUT2D eigenvalue weighted by molar-refractivity contribution is 5.67. The lowest BCUT2D eigenvalue weighted by Crippen LogP contribution is -2.17. The van der Waals surface area contributed by atoms with Crippen molar-refractivity contribution in [1.29, 1.82) is 0 Å². The molecule has 13 heavy (non-hydrogen) atoms. The lowest BCUT2D eigenvalue weighted by Gasteiger charge is -2.19. The third kappa shape index (κ3) is 2.54. The minimum absolute atomic E-state index is 0.0625. The van der Waals surface area contributed by atoms with Gasteiger partial charge in [0.25, 0.3) is 0 Å². The first-order valence-electron chi connectivity index (χ1n) is 4.17. The highest BCUT2D eigenvalue weighted by Crippen LogP contribution is 2.20. The van der Waals surface area contributed by atoms with Gasteiger partial charge < -0.3 is 9.67 Å². The maximum atomic E-state index is 10.6. The van der Waals surface area contributed by atoms with Crippen molar-refractivity contribution >= 4 is 5.97 Å². The Hall–Kier alpha value is -1.39. The van der Waals surface area contributed by atoms with E-state index in [2.05, 4.69) is 10.2 Å². The second-order valence-electron chi connectivity index (χ2n) is 3.32. The zero-order valence-electron chi connectivity index (χ0n) is 7.71. The number of hydrogen-bond donors (Lipinski definition) is 1. The van der Waals surface area contributed by atoms with Gasteiger partial charge >= 0.3 is 5.97 Å². The summed E-state index contributed by atoms with van der Waals surface area (Å²) in [6.07, 6.45) is 3.21. The molecular weight excluding hydrogens is 170 g/mol. The SMILES string of the molecule is CC(C)C(CC(=O)O)n1cnnc1. The summed E-state index contributed by atoms with van der Waals surface area (Å²) in [6.45, 7) is 3.96. The molecule has 0 bridgehead atoms. The van der Waals surface area contributed by atoms with E-state index in [-0.39, 0.29) is 18.4 Å². The van der Waals surface area contributed by atoms with Crippen molar-refractivity contribution in [3.63, 3.8) is 0 Å². The molecule has 5 nitrogen and oxygen atoms in total. The predicted molar refractivity (Wildman–Crippen MR) is 46.1 cm³/mol. The number of nitrogens with zero attached hydrogens (tertiary/aromatic N) is 3. The molecule has 0 amide bonds. The van der Waals surface area contributed by atoms with Gasteiger partial charge in [-0.1, -0.05) is 13.8 Å². The van der Waals surface area contributed by atoms with E-state index >= 15 is 0 Å². The van der Waals surface area contributed by atoms with E-state index in [1.165, 1.54) is 0 Å². The fraction of sp³-hybridized carbons (Fsp3) is 0.625. The summed E-state index contributed by atoms with van der Waals surface area (Å²) in [7, 11) is 0. The van der Waals surface area contributed by atoms with Crippen LogP contribution in [0.1, 0.15) is 26.3 Å². The highest BCUT2D eigenvalue weighted by atomic mass is 16.4. The number of rotatable bonds is 4. The quantitative estimate of drug-likeness (QED) is 0.754. The summed E-state index contributed by atoms with van der Waals surface area (Å²) in [6, 6.07) is -0.0625. The molecule has 1 aromatic heterocycles. The second-order valence-corrected chi connectivity index (χ2v) is 3.32. The first kappa shape index (κ1) is 9.70. The molecule has 72 valence electrons. The smallest absolute Gasteiger partial charge is 0.305 e. The Morgan fingerprint density at radius 1 is 1.46 bits per heavy atom. The van der Waals surface area contributed by atoms with Crippen LogP contribution in [-0.4, -0.2) is 25.8 Å². The molecule has 1 heterocycles. The van der Waals surface area contributed by atoms with E-state index in [4.69, 9.17) is 5.11 Å². The molecule has 1 rings (SSSR count). The van der Waals surface area contributed by atoms with Gasteiger partial charge in [0.1, 0.15) is 12.7 Å². The van der Waals surface area contributed by atoms with E-state index < -0.39 is 5.97 Å². The predicted octanol–water partition coefficient (Wildman–Crippen LogP) is 0.950. The van der Waals surface area contributed by atoms with Gasteiger partial charge in [0.15, 0.2) is 0 Å². The summed E-state index contributed by atoms with van der Waals surface area (Å²) < 4.78 is 1.73. The Bertz CT molecular complexity index is 269. The molecule has 0 saturated carbocycles. The molecule has 1 atom stereocenters. The number of aromatic nitrogens is 3. The largest absolute Gasteiger partial charge is 0.481 e. The molecule has 0 fully saturated rings. The van der Waals surface area contributed by atoms with Crippen LogP contribution in [0.25, 0.3) is 0 Å². The molecule has 1 N–H and O–H groups in total. The zero-order valence-corrected chi connectivity index (χ0v) is 7.71. The van der Waals surface area contributed by atoms with Crippen molar-refractivity contribution in [2.75, 3.05) is 0 Å². The Kier molecular flexibility index (Phi) is 3.00. The topological polar surface area (TPSA) is 68.0 Å². The van der Waals surface area contributed by atoms with Gasteiger partial charge in [0.05, 0.1) is 6.42 Å².